The quantitative estimate of drug-likeness (QED) is 0.396. The molecule has 2 heterocycles. The number of hydrogen-bond donors (Lipinski definition) is 3. The molecule has 1 spiro atoms. The summed E-state index contributed by atoms with van der Waals surface area (Å²) in [5.41, 5.74) is 1.78. The van der Waals surface area contributed by atoms with E-state index in [2.05, 4.69) is 16.0 Å². The number of urea groups is 1. The van der Waals surface area contributed by atoms with Crippen molar-refractivity contribution < 1.29 is 9.59 Å². The van der Waals surface area contributed by atoms with Gasteiger partial charge in [-0.15, -0.1) is 11.8 Å². The molecule has 1 atom stereocenters. The molecule has 2 saturated heterocycles. The van der Waals surface area contributed by atoms with Crippen LogP contribution in [0.25, 0.3) is 10.8 Å². The van der Waals surface area contributed by atoms with Gasteiger partial charge in [0.15, 0.2) is 0 Å². The predicted octanol–water partition coefficient (Wildman–Crippen LogP) is 5.53. The number of benzene rings is 3. The van der Waals surface area contributed by atoms with Crippen molar-refractivity contribution in [3.63, 3.8) is 0 Å². The molecule has 1 unspecified atom stereocenters. The van der Waals surface area contributed by atoms with Crippen LogP contribution in [0, 0.1) is 0 Å². The molecule has 0 aliphatic carbocycles. The average Bonchev–Trinajstić information content (AvgIpc) is 3.29. The van der Waals surface area contributed by atoms with Gasteiger partial charge in [0.05, 0.1) is 16.6 Å². The van der Waals surface area contributed by atoms with Gasteiger partial charge in [0.1, 0.15) is 0 Å². The fourth-order valence-corrected chi connectivity index (χ4v) is 6.76. The molecule has 9 heteroatoms. The molecule has 6 nitrogen and oxygen atoms in total. The third-order valence-corrected chi connectivity index (χ3v) is 9.04. The molecule has 0 bridgehead atoms. The van der Waals surface area contributed by atoms with Gasteiger partial charge in [-0.2, -0.15) is 0 Å². The highest BCUT2D eigenvalue weighted by Gasteiger charge is 2.44. The van der Waals surface area contributed by atoms with Gasteiger partial charge >= 0.3 is 6.03 Å². The number of halogens is 2. The van der Waals surface area contributed by atoms with E-state index < -0.39 is 0 Å². The van der Waals surface area contributed by atoms with Crippen LogP contribution in [-0.2, 0) is 11.2 Å². The summed E-state index contributed by atoms with van der Waals surface area (Å²) in [6, 6.07) is 19.0. The summed E-state index contributed by atoms with van der Waals surface area (Å²) < 4.78 is 0. The Hall–Kier alpha value is -2.45. The highest BCUT2D eigenvalue weighted by molar-refractivity contribution is 8.01. The minimum atomic E-state index is -0.244. The number of carbonyl (C=O) groups excluding carboxylic acids is 2. The molecule has 5 rings (SSSR count). The molecule has 2 fully saturated rings. The molecule has 3 aromatic rings. The standard InChI is InChI=1S/C27H28Cl2N4O2S/c28-20-9-8-19(22(29)16-20)10-13-30-25(34)24-17-36-27(32-24)11-14-33(15-12-27)26(35)31-23-7-3-5-18-4-1-2-6-21(18)23/h1-9,16,24,32H,10-15,17H2,(H,30,34)(H,31,35). The second-order valence-electron chi connectivity index (χ2n) is 9.22. The van der Waals surface area contributed by atoms with E-state index in [4.69, 9.17) is 23.2 Å². The van der Waals surface area contributed by atoms with E-state index in [1.807, 2.05) is 53.4 Å². The number of rotatable bonds is 5. The summed E-state index contributed by atoms with van der Waals surface area (Å²) >= 11 is 14.0. The normalized spacial score (nSPS) is 18.9. The van der Waals surface area contributed by atoms with E-state index in [0.717, 1.165) is 40.6 Å². The van der Waals surface area contributed by atoms with Gasteiger partial charge in [-0.25, -0.2) is 4.79 Å². The van der Waals surface area contributed by atoms with Gasteiger partial charge in [-0.1, -0.05) is 65.7 Å². The van der Waals surface area contributed by atoms with Crippen LogP contribution in [0.1, 0.15) is 18.4 Å². The van der Waals surface area contributed by atoms with Crippen LogP contribution in [0.4, 0.5) is 10.5 Å². The van der Waals surface area contributed by atoms with E-state index in [9.17, 15) is 9.59 Å². The first-order chi connectivity index (χ1) is 17.4. The fourth-order valence-electron chi connectivity index (χ4n) is 4.84. The SMILES string of the molecule is O=C(NCCc1ccc(Cl)cc1Cl)C1CSC2(CCN(C(=O)Nc3cccc4ccccc34)CC2)N1. The lowest BCUT2D eigenvalue weighted by molar-refractivity contribution is -0.122. The number of carbonyl (C=O) groups is 2. The van der Waals surface area contributed by atoms with Gasteiger partial charge in [0.25, 0.3) is 0 Å². The summed E-state index contributed by atoms with van der Waals surface area (Å²) in [7, 11) is 0. The van der Waals surface area contributed by atoms with E-state index in [0.29, 0.717) is 36.1 Å². The number of anilines is 1. The van der Waals surface area contributed by atoms with Crippen LogP contribution >= 0.6 is 35.0 Å². The molecule has 0 radical (unpaired) electrons. The van der Waals surface area contributed by atoms with Crippen LogP contribution in [0.2, 0.25) is 10.0 Å². The zero-order valence-corrected chi connectivity index (χ0v) is 22.1. The van der Waals surface area contributed by atoms with Crippen molar-refractivity contribution in [1.82, 2.24) is 15.5 Å². The zero-order chi connectivity index (χ0) is 25.1. The van der Waals surface area contributed by atoms with Gasteiger partial charge in [0, 0.05) is 40.8 Å². The van der Waals surface area contributed by atoms with Crippen LogP contribution in [0.5, 0.6) is 0 Å². The van der Waals surface area contributed by atoms with Crippen LogP contribution in [0.3, 0.4) is 0 Å². The van der Waals surface area contributed by atoms with Crippen molar-refractivity contribution in [2.24, 2.45) is 0 Å². The van der Waals surface area contributed by atoms with E-state index in [1.165, 1.54) is 0 Å². The van der Waals surface area contributed by atoms with Gasteiger partial charge < -0.3 is 15.5 Å². The molecule has 36 heavy (non-hydrogen) atoms. The third kappa shape index (κ3) is 5.59. The van der Waals surface area contributed by atoms with Crippen molar-refractivity contribution in [3.05, 3.63) is 76.3 Å². The zero-order valence-electron chi connectivity index (χ0n) is 19.7. The van der Waals surface area contributed by atoms with Gasteiger partial charge in [-0.05, 0) is 48.4 Å². The number of thioether (sulfide) groups is 1. The minimum absolute atomic E-state index is 0.000546. The molecular formula is C27H28Cl2N4O2S. The largest absolute Gasteiger partial charge is 0.354 e. The van der Waals surface area contributed by atoms with Crippen LogP contribution < -0.4 is 16.0 Å². The highest BCUT2D eigenvalue weighted by atomic mass is 35.5. The van der Waals surface area contributed by atoms with E-state index in [-0.39, 0.29) is 22.9 Å². The summed E-state index contributed by atoms with van der Waals surface area (Å²) in [5, 5.41) is 13.0. The average molecular weight is 544 g/mol. The number of fused-ring (bicyclic) bond motifs is 1. The summed E-state index contributed by atoms with van der Waals surface area (Å²) in [6.07, 6.45) is 2.24. The van der Waals surface area contributed by atoms with Crippen molar-refractivity contribution in [3.8, 4) is 0 Å². The van der Waals surface area contributed by atoms with Crippen molar-refractivity contribution in [2.45, 2.75) is 30.2 Å². The number of amides is 3. The number of piperidine rings is 1. The smallest absolute Gasteiger partial charge is 0.321 e. The lowest BCUT2D eigenvalue weighted by atomic mass is 10.0. The molecule has 188 valence electrons. The minimum Gasteiger partial charge on any atom is -0.354 e. The van der Waals surface area contributed by atoms with Crippen molar-refractivity contribution >= 4 is 63.4 Å². The van der Waals surface area contributed by atoms with Crippen molar-refractivity contribution in [1.29, 1.82) is 0 Å². The first kappa shape index (κ1) is 25.2. The van der Waals surface area contributed by atoms with E-state index >= 15 is 0 Å². The third-order valence-electron chi connectivity index (χ3n) is 6.88. The van der Waals surface area contributed by atoms with Crippen LogP contribution in [0.15, 0.2) is 60.7 Å². The molecule has 3 N–H and O–H groups in total. The molecule has 2 aliphatic rings. The van der Waals surface area contributed by atoms with Gasteiger partial charge in [0.2, 0.25) is 5.91 Å². The Bertz CT molecular complexity index is 1270. The number of likely N-dealkylation sites (tertiary alicyclic amines) is 1. The Labute approximate surface area is 225 Å². The second-order valence-corrected chi connectivity index (χ2v) is 11.5. The number of nitrogens with zero attached hydrogens (tertiary/aromatic N) is 1. The Kier molecular flexibility index (Phi) is 7.62. The fraction of sp³-hybridized carbons (Fsp3) is 0.333. The molecular weight excluding hydrogens is 515 g/mol. The predicted molar refractivity (Wildman–Crippen MR) is 149 cm³/mol. The topological polar surface area (TPSA) is 73.5 Å². The van der Waals surface area contributed by atoms with Crippen molar-refractivity contribution in [2.75, 3.05) is 30.7 Å². The second kappa shape index (κ2) is 10.9. The van der Waals surface area contributed by atoms with Crippen LogP contribution in [-0.4, -0.2) is 53.1 Å². The monoisotopic (exact) mass is 542 g/mol. The Morgan fingerprint density at radius 2 is 1.83 bits per heavy atom. The maximum Gasteiger partial charge on any atom is 0.321 e. The molecule has 2 aliphatic heterocycles. The first-order valence-electron chi connectivity index (χ1n) is 12.1. The van der Waals surface area contributed by atoms with Gasteiger partial charge in [-0.3, -0.25) is 10.1 Å². The Morgan fingerprint density at radius 1 is 1.06 bits per heavy atom. The molecule has 0 aromatic heterocycles. The summed E-state index contributed by atoms with van der Waals surface area (Å²) in [5.74, 6) is 0.719. The lowest BCUT2D eigenvalue weighted by Crippen LogP contribution is -2.55. The Morgan fingerprint density at radius 3 is 2.64 bits per heavy atom. The first-order valence-corrected chi connectivity index (χ1v) is 13.8. The molecule has 0 saturated carbocycles. The summed E-state index contributed by atoms with van der Waals surface area (Å²) in [4.78, 5) is 27.4. The van der Waals surface area contributed by atoms with E-state index in [1.54, 1.807) is 23.9 Å². The maximum atomic E-state index is 13.0. The molecule has 3 amide bonds. The maximum absolute atomic E-state index is 13.0. The summed E-state index contributed by atoms with van der Waals surface area (Å²) in [6.45, 7) is 1.79. The molecule has 3 aromatic carbocycles. The number of hydrogen-bond acceptors (Lipinski definition) is 4. The lowest BCUT2D eigenvalue weighted by Gasteiger charge is -2.39. The highest BCUT2D eigenvalue weighted by Crippen LogP contribution is 2.39. The number of nitrogens with one attached hydrogen (secondary N) is 3. The Balaban J connectivity index is 1.10.